The van der Waals surface area contributed by atoms with Crippen LogP contribution in [0, 0.1) is 0 Å². The lowest BCUT2D eigenvalue weighted by molar-refractivity contribution is -0.127. The van der Waals surface area contributed by atoms with Gasteiger partial charge in [0.05, 0.1) is 18.3 Å². The van der Waals surface area contributed by atoms with Gasteiger partial charge in [-0.3, -0.25) is 14.4 Å². The van der Waals surface area contributed by atoms with Crippen LogP contribution in [0.2, 0.25) is 0 Å². The van der Waals surface area contributed by atoms with Gasteiger partial charge >= 0.3 is 6.09 Å². The van der Waals surface area contributed by atoms with Crippen LogP contribution < -0.4 is 10.2 Å². The Labute approximate surface area is 115 Å². The lowest BCUT2D eigenvalue weighted by Crippen LogP contribution is -2.35. The summed E-state index contributed by atoms with van der Waals surface area (Å²) in [5.41, 5.74) is 1.67. The van der Waals surface area contributed by atoms with E-state index in [0.29, 0.717) is 5.69 Å². The van der Waals surface area contributed by atoms with E-state index in [-0.39, 0.29) is 12.5 Å². The number of cyclic esters (lactones) is 1. The number of aryl methyl sites for hydroxylation is 1. The fraction of sp³-hybridized carbons (Fsp3) is 0.308. The van der Waals surface area contributed by atoms with E-state index in [0.717, 1.165) is 10.9 Å². The van der Waals surface area contributed by atoms with Crippen molar-refractivity contribution in [1.82, 2.24) is 15.1 Å². The first-order chi connectivity index (χ1) is 9.60. The van der Waals surface area contributed by atoms with E-state index in [1.54, 1.807) is 10.9 Å². The van der Waals surface area contributed by atoms with Crippen LogP contribution in [0.5, 0.6) is 0 Å². The fourth-order valence-electron chi connectivity index (χ4n) is 2.29. The number of amides is 2. The molecule has 7 heteroatoms. The molecule has 20 heavy (non-hydrogen) atoms. The monoisotopic (exact) mass is 274 g/mol. The molecule has 1 fully saturated rings. The highest BCUT2D eigenvalue weighted by Crippen LogP contribution is 2.25. The van der Waals surface area contributed by atoms with Gasteiger partial charge in [0.2, 0.25) is 0 Å². The maximum Gasteiger partial charge on any atom is 0.415 e. The van der Waals surface area contributed by atoms with Gasteiger partial charge < -0.3 is 10.1 Å². The maximum absolute atomic E-state index is 11.8. The third-order valence-corrected chi connectivity index (χ3v) is 3.39. The van der Waals surface area contributed by atoms with E-state index in [2.05, 4.69) is 10.4 Å². The lowest BCUT2D eigenvalue weighted by atomic mass is 10.2. The zero-order chi connectivity index (χ0) is 14.3. The first kappa shape index (κ1) is 12.5. The Kier molecular flexibility index (Phi) is 2.81. The summed E-state index contributed by atoms with van der Waals surface area (Å²) in [6.07, 6.45) is 0.454. The fourth-order valence-corrected chi connectivity index (χ4v) is 2.29. The van der Waals surface area contributed by atoms with Crippen molar-refractivity contribution in [2.24, 2.45) is 7.05 Å². The molecule has 1 aromatic carbocycles. The second kappa shape index (κ2) is 4.52. The second-order valence-electron chi connectivity index (χ2n) is 4.61. The first-order valence-corrected chi connectivity index (χ1v) is 6.21. The van der Waals surface area contributed by atoms with Crippen molar-refractivity contribution in [3.05, 3.63) is 24.4 Å². The lowest BCUT2D eigenvalue weighted by Gasteiger charge is -2.12. The van der Waals surface area contributed by atoms with Crippen LogP contribution >= 0.6 is 0 Å². The molecule has 2 aromatic rings. The third-order valence-electron chi connectivity index (χ3n) is 3.39. The van der Waals surface area contributed by atoms with Crippen LogP contribution in [-0.2, 0) is 16.6 Å². The normalized spacial score (nSPS) is 18.4. The summed E-state index contributed by atoms with van der Waals surface area (Å²) >= 11 is 0. The molecule has 1 aromatic heterocycles. The number of fused-ring (bicyclic) bond motifs is 1. The van der Waals surface area contributed by atoms with E-state index >= 15 is 0 Å². The first-order valence-electron chi connectivity index (χ1n) is 6.21. The van der Waals surface area contributed by atoms with Crippen LogP contribution in [-0.4, -0.2) is 41.5 Å². The predicted octanol–water partition coefficient (Wildman–Crippen LogP) is 0.644. The van der Waals surface area contributed by atoms with E-state index in [1.165, 1.54) is 11.9 Å². The molecule has 2 amide bonds. The molecule has 1 unspecified atom stereocenters. The number of carbonyl (C=O) groups is 2. The summed E-state index contributed by atoms with van der Waals surface area (Å²) in [7, 11) is 3.37. The third kappa shape index (κ3) is 1.87. The molecule has 0 spiro atoms. The topological polar surface area (TPSA) is 76.5 Å². The minimum Gasteiger partial charge on any atom is -0.434 e. The number of benzene rings is 1. The van der Waals surface area contributed by atoms with Gasteiger partial charge in [-0.25, -0.2) is 4.79 Å². The molecule has 1 N–H and O–H groups in total. The highest BCUT2D eigenvalue weighted by Gasteiger charge is 2.36. The van der Waals surface area contributed by atoms with Crippen molar-refractivity contribution in [2.75, 3.05) is 18.5 Å². The molecule has 2 heterocycles. The van der Waals surface area contributed by atoms with Crippen molar-refractivity contribution in [2.45, 2.75) is 6.10 Å². The smallest absolute Gasteiger partial charge is 0.415 e. The highest BCUT2D eigenvalue weighted by atomic mass is 16.6. The highest BCUT2D eigenvalue weighted by molar-refractivity contribution is 5.97. The van der Waals surface area contributed by atoms with Gasteiger partial charge in [-0.15, -0.1) is 0 Å². The Morgan fingerprint density at radius 3 is 3.05 bits per heavy atom. The number of ether oxygens (including phenoxy) is 1. The molecule has 0 bridgehead atoms. The van der Waals surface area contributed by atoms with Crippen LogP contribution in [0.3, 0.4) is 0 Å². The minimum atomic E-state index is -0.767. The molecule has 7 nitrogen and oxygen atoms in total. The number of carbonyl (C=O) groups excluding carboxylic acids is 2. The molecular weight excluding hydrogens is 260 g/mol. The van der Waals surface area contributed by atoms with Crippen molar-refractivity contribution < 1.29 is 14.3 Å². The summed E-state index contributed by atoms with van der Waals surface area (Å²) in [5.74, 6) is -0.302. The number of aromatic nitrogens is 2. The van der Waals surface area contributed by atoms with Gasteiger partial charge in [0.15, 0.2) is 6.10 Å². The number of nitrogens with one attached hydrogen (secondary N) is 1. The number of hydrogen-bond donors (Lipinski definition) is 1. The van der Waals surface area contributed by atoms with Crippen LogP contribution in [0.4, 0.5) is 10.5 Å². The molecule has 0 radical (unpaired) electrons. The Bertz CT molecular complexity index is 694. The average molecular weight is 274 g/mol. The molecule has 104 valence electrons. The Morgan fingerprint density at radius 1 is 1.50 bits per heavy atom. The Morgan fingerprint density at radius 2 is 2.30 bits per heavy atom. The minimum absolute atomic E-state index is 0.213. The SMILES string of the molecule is CNC(=O)C1CN(c2ccc3c(cnn3C)c2)C(=O)O1. The van der Waals surface area contributed by atoms with E-state index < -0.39 is 12.2 Å². The number of hydrogen-bond acceptors (Lipinski definition) is 4. The van der Waals surface area contributed by atoms with Crippen molar-refractivity contribution in [3.63, 3.8) is 0 Å². The molecule has 1 saturated heterocycles. The zero-order valence-corrected chi connectivity index (χ0v) is 11.2. The van der Waals surface area contributed by atoms with E-state index in [1.807, 2.05) is 25.2 Å². The van der Waals surface area contributed by atoms with Crippen LogP contribution in [0.25, 0.3) is 10.9 Å². The van der Waals surface area contributed by atoms with E-state index in [9.17, 15) is 9.59 Å². The van der Waals surface area contributed by atoms with Gasteiger partial charge in [0.25, 0.3) is 5.91 Å². The number of anilines is 1. The number of rotatable bonds is 2. The summed E-state index contributed by atoms with van der Waals surface area (Å²) in [6.45, 7) is 0.213. The molecule has 1 aliphatic rings. The predicted molar refractivity (Wildman–Crippen MR) is 72.4 cm³/mol. The average Bonchev–Trinajstić information content (AvgIpc) is 3.01. The second-order valence-corrected chi connectivity index (χ2v) is 4.61. The maximum atomic E-state index is 11.8. The van der Waals surface area contributed by atoms with Crippen molar-refractivity contribution in [3.8, 4) is 0 Å². The summed E-state index contributed by atoms with van der Waals surface area (Å²) < 4.78 is 6.81. The van der Waals surface area contributed by atoms with Gasteiger partial charge in [0, 0.05) is 25.2 Å². The molecular formula is C13H14N4O3. The Hall–Kier alpha value is -2.57. The van der Waals surface area contributed by atoms with Crippen molar-refractivity contribution in [1.29, 1.82) is 0 Å². The van der Waals surface area contributed by atoms with E-state index in [4.69, 9.17) is 4.74 Å². The summed E-state index contributed by atoms with van der Waals surface area (Å²) in [4.78, 5) is 24.8. The van der Waals surface area contributed by atoms with Gasteiger partial charge in [0.1, 0.15) is 0 Å². The van der Waals surface area contributed by atoms with Crippen LogP contribution in [0.15, 0.2) is 24.4 Å². The largest absolute Gasteiger partial charge is 0.434 e. The summed E-state index contributed by atoms with van der Waals surface area (Å²) in [6, 6.07) is 5.56. The van der Waals surface area contributed by atoms with Gasteiger partial charge in [-0.05, 0) is 18.2 Å². The molecule has 1 aliphatic heterocycles. The van der Waals surface area contributed by atoms with Crippen LogP contribution in [0.1, 0.15) is 0 Å². The zero-order valence-electron chi connectivity index (χ0n) is 11.2. The quantitative estimate of drug-likeness (QED) is 0.872. The molecule has 1 atom stereocenters. The summed E-state index contributed by atoms with van der Waals surface area (Å²) in [5, 5.41) is 7.56. The van der Waals surface area contributed by atoms with Gasteiger partial charge in [-0.2, -0.15) is 5.10 Å². The molecule has 3 rings (SSSR count). The number of likely N-dealkylation sites (N-methyl/N-ethyl adjacent to an activating group) is 1. The van der Waals surface area contributed by atoms with Gasteiger partial charge in [-0.1, -0.05) is 0 Å². The standard InChI is InChI=1S/C13H14N4O3/c1-14-12(18)11-7-17(13(19)20-11)9-3-4-10-8(5-9)6-15-16(10)2/h3-6,11H,7H2,1-2H3,(H,14,18). The van der Waals surface area contributed by atoms with Crippen molar-refractivity contribution >= 4 is 28.6 Å². The molecule has 0 aliphatic carbocycles. The molecule has 0 saturated carbocycles. The number of nitrogens with zero attached hydrogens (tertiary/aromatic N) is 3. The Balaban J connectivity index is 1.91.